The number of hydrogen-bond donors (Lipinski definition) is 3. The average Bonchev–Trinajstić information content (AvgIpc) is 2.79. The number of rotatable bonds is 9. The van der Waals surface area contributed by atoms with Crippen molar-refractivity contribution in [3.8, 4) is 0 Å². The smallest absolute Gasteiger partial charge is 0.247 e. The Kier molecular flexibility index (Phi) is 7.70. The van der Waals surface area contributed by atoms with Gasteiger partial charge in [-0.05, 0) is 43.5 Å². The molecule has 3 aromatic rings. The van der Waals surface area contributed by atoms with Crippen LogP contribution in [0.4, 0.5) is 5.69 Å². The van der Waals surface area contributed by atoms with Gasteiger partial charge >= 0.3 is 0 Å². The normalized spacial score (nSPS) is 12.9. The molecule has 0 aliphatic rings. The van der Waals surface area contributed by atoms with Crippen LogP contribution in [0.2, 0.25) is 0 Å². The van der Waals surface area contributed by atoms with Crippen LogP contribution in [-0.4, -0.2) is 47.4 Å². The summed E-state index contributed by atoms with van der Waals surface area (Å²) in [5, 5.41) is 3.81. The molecule has 1 heterocycles. The molecule has 0 saturated carbocycles. The highest BCUT2D eigenvalue weighted by molar-refractivity contribution is 5.98. The molecular weight excluding hydrogens is 390 g/mol. The van der Waals surface area contributed by atoms with Crippen LogP contribution in [0.15, 0.2) is 66.9 Å². The van der Waals surface area contributed by atoms with E-state index in [1.807, 2.05) is 60.7 Å². The Labute approximate surface area is 182 Å². The summed E-state index contributed by atoms with van der Waals surface area (Å²) in [5.41, 5.74) is 14.2. The zero-order chi connectivity index (χ0) is 22.2. The van der Waals surface area contributed by atoms with E-state index >= 15 is 0 Å². The van der Waals surface area contributed by atoms with E-state index in [1.165, 1.54) is 4.90 Å². The molecule has 3 rings (SSSR count). The molecule has 31 heavy (non-hydrogen) atoms. The summed E-state index contributed by atoms with van der Waals surface area (Å²) in [4.78, 5) is 31.8. The monoisotopic (exact) mass is 419 g/mol. The Morgan fingerprint density at radius 3 is 2.55 bits per heavy atom. The average molecular weight is 420 g/mol. The molecule has 7 nitrogen and oxygen atoms in total. The van der Waals surface area contributed by atoms with Gasteiger partial charge in [0.2, 0.25) is 11.8 Å². The summed E-state index contributed by atoms with van der Waals surface area (Å²) in [6.45, 7) is 0.430. The van der Waals surface area contributed by atoms with Crippen molar-refractivity contribution in [3.05, 3.63) is 72.4 Å². The van der Waals surface area contributed by atoms with Gasteiger partial charge in [0.15, 0.2) is 0 Å². The standard InChI is InChI=1S/C24H29N5O2/c1-29(24(31)20(26)14-17-8-3-2-4-9-17)22(12-7-13-25)23(30)28-19-15-18-10-5-6-11-21(18)27-16-19/h2-6,8-11,15-16,20,22H,7,12-14,25-26H2,1H3,(H,28,30)/t20-,22-/m0/s1. The second-order valence-corrected chi connectivity index (χ2v) is 7.60. The predicted octanol–water partition coefficient (Wildman–Crippen LogP) is 2.31. The molecule has 0 unspecified atom stereocenters. The van der Waals surface area contributed by atoms with E-state index in [4.69, 9.17) is 11.5 Å². The van der Waals surface area contributed by atoms with Crippen molar-refractivity contribution in [2.45, 2.75) is 31.3 Å². The molecule has 162 valence electrons. The molecule has 7 heteroatoms. The molecule has 0 radical (unpaired) electrons. The lowest BCUT2D eigenvalue weighted by molar-refractivity contribution is -0.138. The maximum atomic E-state index is 13.1. The molecule has 2 amide bonds. The van der Waals surface area contributed by atoms with Crippen LogP contribution in [0, 0.1) is 0 Å². The second kappa shape index (κ2) is 10.7. The van der Waals surface area contributed by atoms with Crippen molar-refractivity contribution in [1.82, 2.24) is 9.88 Å². The number of nitrogens with one attached hydrogen (secondary N) is 1. The van der Waals surface area contributed by atoms with Crippen molar-refractivity contribution in [2.75, 3.05) is 18.9 Å². The van der Waals surface area contributed by atoms with E-state index in [9.17, 15) is 9.59 Å². The topological polar surface area (TPSA) is 114 Å². The van der Waals surface area contributed by atoms with Crippen LogP contribution in [0.1, 0.15) is 18.4 Å². The Bertz CT molecular complexity index is 1020. The molecular formula is C24H29N5O2. The number of aromatic nitrogens is 1. The van der Waals surface area contributed by atoms with Crippen LogP contribution < -0.4 is 16.8 Å². The van der Waals surface area contributed by atoms with Crippen LogP contribution in [0.5, 0.6) is 0 Å². The van der Waals surface area contributed by atoms with Crippen LogP contribution >= 0.6 is 0 Å². The Morgan fingerprint density at radius 1 is 1.10 bits per heavy atom. The highest BCUT2D eigenvalue weighted by Crippen LogP contribution is 2.18. The molecule has 0 aliphatic carbocycles. The number of benzene rings is 2. The summed E-state index contributed by atoms with van der Waals surface area (Å²) in [6, 6.07) is 17.7. The summed E-state index contributed by atoms with van der Waals surface area (Å²) in [6.07, 6.45) is 3.08. The number of carbonyl (C=O) groups excluding carboxylic acids is 2. The van der Waals surface area contributed by atoms with E-state index in [0.717, 1.165) is 16.5 Å². The van der Waals surface area contributed by atoms with Crippen molar-refractivity contribution in [1.29, 1.82) is 0 Å². The van der Waals surface area contributed by atoms with E-state index in [1.54, 1.807) is 13.2 Å². The molecule has 0 bridgehead atoms. The van der Waals surface area contributed by atoms with Crippen molar-refractivity contribution >= 4 is 28.4 Å². The molecule has 0 saturated heterocycles. The molecule has 2 aromatic carbocycles. The largest absolute Gasteiger partial charge is 0.332 e. The third-order valence-electron chi connectivity index (χ3n) is 5.27. The van der Waals surface area contributed by atoms with E-state index in [2.05, 4.69) is 10.3 Å². The fourth-order valence-corrected chi connectivity index (χ4v) is 3.55. The number of amides is 2. The maximum Gasteiger partial charge on any atom is 0.247 e. The minimum atomic E-state index is -0.733. The van der Waals surface area contributed by atoms with Gasteiger partial charge < -0.3 is 21.7 Å². The van der Waals surface area contributed by atoms with E-state index in [0.29, 0.717) is 31.5 Å². The first-order chi connectivity index (χ1) is 15.0. The van der Waals surface area contributed by atoms with Crippen molar-refractivity contribution in [3.63, 3.8) is 0 Å². The summed E-state index contributed by atoms with van der Waals surface area (Å²) in [7, 11) is 1.62. The first-order valence-corrected chi connectivity index (χ1v) is 10.4. The fourth-order valence-electron chi connectivity index (χ4n) is 3.55. The van der Waals surface area contributed by atoms with Gasteiger partial charge in [-0.1, -0.05) is 48.5 Å². The fraction of sp³-hybridized carbons (Fsp3) is 0.292. The number of nitrogens with two attached hydrogens (primary N) is 2. The van der Waals surface area contributed by atoms with Gasteiger partial charge in [-0.15, -0.1) is 0 Å². The van der Waals surface area contributed by atoms with Gasteiger partial charge in [0, 0.05) is 12.4 Å². The molecule has 0 aliphatic heterocycles. The lowest BCUT2D eigenvalue weighted by Crippen LogP contribution is -2.51. The lowest BCUT2D eigenvalue weighted by atomic mass is 10.0. The van der Waals surface area contributed by atoms with Crippen LogP contribution in [-0.2, 0) is 16.0 Å². The highest BCUT2D eigenvalue weighted by atomic mass is 16.2. The SMILES string of the molecule is CN(C(=O)[C@@H](N)Cc1ccccc1)[C@@H](CCCN)C(=O)Nc1cnc2ccccc2c1. The third kappa shape index (κ3) is 5.87. The molecule has 0 fully saturated rings. The van der Waals surface area contributed by atoms with Gasteiger partial charge in [-0.3, -0.25) is 14.6 Å². The second-order valence-electron chi connectivity index (χ2n) is 7.60. The molecule has 5 N–H and O–H groups in total. The van der Waals surface area contributed by atoms with E-state index in [-0.39, 0.29) is 11.8 Å². The molecule has 2 atom stereocenters. The summed E-state index contributed by atoms with van der Waals surface area (Å²) < 4.78 is 0. The minimum Gasteiger partial charge on any atom is -0.332 e. The maximum absolute atomic E-state index is 13.1. The zero-order valence-electron chi connectivity index (χ0n) is 17.7. The lowest BCUT2D eigenvalue weighted by Gasteiger charge is -2.29. The van der Waals surface area contributed by atoms with Crippen molar-refractivity contribution < 1.29 is 9.59 Å². The van der Waals surface area contributed by atoms with Crippen LogP contribution in [0.25, 0.3) is 10.9 Å². The van der Waals surface area contributed by atoms with E-state index < -0.39 is 12.1 Å². The first kappa shape index (κ1) is 22.4. The Morgan fingerprint density at radius 2 is 1.81 bits per heavy atom. The summed E-state index contributed by atoms with van der Waals surface area (Å²) in [5.74, 6) is -0.564. The Balaban J connectivity index is 1.72. The number of nitrogens with zero attached hydrogens (tertiary/aromatic N) is 2. The van der Waals surface area contributed by atoms with Gasteiger partial charge in [-0.25, -0.2) is 0 Å². The number of fused-ring (bicyclic) bond motifs is 1. The Hall–Kier alpha value is -3.29. The number of anilines is 1. The molecule has 0 spiro atoms. The van der Waals surface area contributed by atoms with Crippen molar-refractivity contribution in [2.24, 2.45) is 11.5 Å². The zero-order valence-corrected chi connectivity index (χ0v) is 17.7. The number of pyridine rings is 1. The molecule has 1 aromatic heterocycles. The summed E-state index contributed by atoms with van der Waals surface area (Å²) >= 11 is 0. The number of para-hydroxylation sites is 1. The number of hydrogen-bond acceptors (Lipinski definition) is 5. The van der Waals surface area contributed by atoms with Crippen LogP contribution in [0.3, 0.4) is 0 Å². The quantitative estimate of drug-likeness (QED) is 0.492. The minimum absolute atomic E-state index is 0.280. The number of carbonyl (C=O) groups is 2. The van der Waals surface area contributed by atoms with Gasteiger partial charge in [0.25, 0.3) is 0 Å². The first-order valence-electron chi connectivity index (χ1n) is 10.4. The predicted molar refractivity (Wildman–Crippen MR) is 123 cm³/mol. The number of likely N-dealkylation sites (N-methyl/N-ethyl adjacent to an activating group) is 1. The van der Waals surface area contributed by atoms with Gasteiger partial charge in [0.1, 0.15) is 6.04 Å². The highest BCUT2D eigenvalue weighted by Gasteiger charge is 2.29. The third-order valence-corrected chi connectivity index (χ3v) is 5.27. The van der Waals surface area contributed by atoms with Gasteiger partial charge in [-0.2, -0.15) is 0 Å². The van der Waals surface area contributed by atoms with Gasteiger partial charge in [0.05, 0.1) is 23.4 Å².